The standard InChI is InChI=1S/C10H13N3O2S/c1-3-15-9(14)8-7(5-4-6-12-2)16-10(11)13-8/h12H,3,6H2,1-2H3,(H2,11,13). The molecule has 16 heavy (non-hydrogen) atoms. The number of carbonyl (C=O) groups is 1. The fraction of sp³-hybridized carbons (Fsp3) is 0.400. The lowest BCUT2D eigenvalue weighted by atomic mass is 10.3. The van der Waals surface area contributed by atoms with Gasteiger partial charge in [0.05, 0.1) is 13.2 Å². The summed E-state index contributed by atoms with van der Waals surface area (Å²) in [4.78, 5) is 15.9. The molecule has 0 atom stereocenters. The number of ether oxygens (including phenoxy) is 1. The number of aromatic nitrogens is 1. The van der Waals surface area contributed by atoms with Crippen LogP contribution >= 0.6 is 11.3 Å². The summed E-state index contributed by atoms with van der Waals surface area (Å²) < 4.78 is 4.85. The number of hydrogen-bond donors (Lipinski definition) is 2. The van der Waals surface area contributed by atoms with Gasteiger partial charge in [0.1, 0.15) is 4.88 Å². The van der Waals surface area contributed by atoms with Gasteiger partial charge in [-0.1, -0.05) is 23.2 Å². The Kier molecular flexibility index (Phi) is 4.76. The van der Waals surface area contributed by atoms with E-state index in [0.29, 0.717) is 23.2 Å². The molecular weight excluding hydrogens is 226 g/mol. The Labute approximate surface area is 98.0 Å². The van der Waals surface area contributed by atoms with E-state index >= 15 is 0 Å². The summed E-state index contributed by atoms with van der Waals surface area (Å²) in [7, 11) is 1.79. The molecule has 3 N–H and O–H groups in total. The van der Waals surface area contributed by atoms with Gasteiger partial charge in [0.15, 0.2) is 10.8 Å². The van der Waals surface area contributed by atoms with E-state index in [-0.39, 0.29) is 5.69 Å². The molecule has 0 amide bonds. The maximum atomic E-state index is 11.5. The van der Waals surface area contributed by atoms with Crippen molar-refractivity contribution in [3.8, 4) is 11.8 Å². The highest BCUT2D eigenvalue weighted by atomic mass is 32.1. The summed E-state index contributed by atoms with van der Waals surface area (Å²) >= 11 is 1.18. The molecule has 86 valence electrons. The van der Waals surface area contributed by atoms with Crippen molar-refractivity contribution in [2.45, 2.75) is 6.92 Å². The Balaban J connectivity index is 2.92. The van der Waals surface area contributed by atoms with Crippen LogP contribution in [-0.2, 0) is 4.74 Å². The Morgan fingerprint density at radius 2 is 2.44 bits per heavy atom. The normalized spacial score (nSPS) is 9.38. The molecule has 0 saturated carbocycles. The van der Waals surface area contributed by atoms with Crippen molar-refractivity contribution in [1.82, 2.24) is 10.3 Å². The van der Waals surface area contributed by atoms with Gasteiger partial charge in [-0.15, -0.1) is 0 Å². The first kappa shape index (κ1) is 12.5. The monoisotopic (exact) mass is 239 g/mol. The Morgan fingerprint density at radius 3 is 3.06 bits per heavy atom. The fourth-order valence-corrected chi connectivity index (χ4v) is 1.67. The number of rotatable bonds is 3. The van der Waals surface area contributed by atoms with E-state index < -0.39 is 5.97 Å². The largest absolute Gasteiger partial charge is 0.461 e. The SMILES string of the molecule is CCOC(=O)c1nc(N)sc1C#CCNC. The van der Waals surface area contributed by atoms with Crippen molar-refractivity contribution in [2.24, 2.45) is 0 Å². The quantitative estimate of drug-likeness (QED) is 0.592. The average molecular weight is 239 g/mol. The molecule has 0 spiro atoms. The lowest BCUT2D eigenvalue weighted by Crippen LogP contribution is -2.07. The number of thiazole rings is 1. The molecule has 1 rings (SSSR count). The molecule has 1 aromatic heterocycles. The zero-order chi connectivity index (χ0) is 12.0. The van der Waals surface area contributed by atoms with E-state index in [9.17, 15) is 4.79 Å². The zero-order valence-corrected chi connectivity index (χ0v) is 9.98. The van der Waals surface area contributed by atoms with Crippen LogP contribution in [0.3, 0.4) is 0 Å². The summed E-state index contributed by atoms with van der Waals surface area (Å²) in [5.74, 6) is 5.20. The first-order chi connectivity index (χ1) is 7.69. The van der Waals surface area contributed by atoms with E-state index in [1.54, 1.807) is 14.0 Å². The summed E-state index contributed by atoms with van der Waals surface area (Å²) in [6.07, 6.45) is 0. The van der Waals surface area contributed by atoms with Gasteiger partial charge in [0.2, 0.25) is 0 Å². The second-order valence-electron chi connectivity index (χ2n) is 2.78. The van der Waals surface area contributed by atoms with E-state index in [0.717, 1.165) is 0 Å². The van der Waals surface area contributed by atoms with Crippen LogP contribution in [0.1, 0.15) is 22.3 Å². The minimum atomic E-state index is -0.482. The molecular formula is C10H13N3O2S. The number of nitrogen functional groups attached to an aromatic ring is 1. The van der Waals surface area contributed by atoms with Gasteiger partial charge in [-0.25, -0.2) is 9.78 Å². The van der Waals surface area contributed by atoms with E-state index in [4.69, 9.17) is 10.5 Å². The highest BCUT2D eigenvalue weighted by Crippen LogP contribution is 2.19. The third-order valence-corrected chi connectivity index (χ3v) is 2.38. The lowest BCUT2D eigenvalue weighted by molar-refractivity contribution is 0.0520. The molecule has 0 aromatic carbocycles. The minimum absolute atomic E-state index is 0.202. The maximum Gasteiger partial charge on any atom is 0.359 e. The van der Waals surface area contributed by atoms with Crippen molar-refractivity contribution in [3.63, 3.8) is 0 Å². The first-order valence-corrected chi connectivity index (χ1v) is 5.57. The Hall–Kier alpha value is -1.58. The van der Waals surface area contributed by atoms with E-state index in [1.165, 1.54) is 11.3 Å². The highest BCUT2D eigenvalue weighted by molar-refractivity contribution is 7.16. The number of nitrogens with two attached hydrogens (primary N) is 1. The molecule has 0 aliphatic heterocycles. The maximum absolute atomic E-state index is 11.5. The molecule has 0 unspecified atom stereocenters. The Morgan fingerprint density at radius 1 is 1.69 bits per heavy atom. The van der Waals surface area contributed by atoms with Crippen molar-refractivity contribution in [2.75, 3.05) is 25.9 Å². The molecule has 0 aliphatic carbocycles. The van der Waals surface area contributed by atoms with Crippen LogP contribution in [0.25, 0.3) is 0 Å². The van der Waals surface area contributed by atoms with Crippen LogP contribution in [0, 0.1) is 11.8 Å². The molecule has 1 aromatic rings. The highest BCUT2D eigenvalue weighted by Gasteiger charge is 2.16. The molecule has 0 radical (unpaired) electrons. The summed E-state index contributed by atoms with van der Waals surface area (Å²) in [6.45, 7) is 2.58. The predicted octanol–water partition coefficient (Wildman–Crippen LogP) is 0.473. The van der Waals surface area contributed by atoms with Crippen LogP contribution in [0.4, 0.5) is 5.13 Å². The van der Waals surface area contributed by atoms with Gasteiger partial charge < -0.3 is 15.8 Å². The lowest BCUT2D eigenvalue weighted by Gasteiger charge is -1.97. The van der Waals surface area contributed by atoms with Crippen LogP contribution in [-0.4, -0.2) is 31.2 Å². The number of esters is 1. The molecule has 0 aliphatic rings. The average Bonchev–Trinajstić information content (AvgIpc) is 2.61. The van der Waals surface area contributed by atoms with Gasteiger partial charge >= 0.3 is 5.97 Å². The van der Waals surface area contributed by atoms with Gasteiger partial charge in [0.25, 0.3) is 0 Å². The molecule has 6 heteroatoms. The number of anilines is 1. The van der Waals surface area contributed by atoms with Crippen LogP contribution < -0.4 is 11.1 Å². The smallest absolute Gasteiger partial charge is 0.359 e. The molecule has 5 nitrogen and oxygen atoms in total. The summed E-state index contributed by atoms with van der Waals surface area (Å²) in [5.41, 5.74) is 5.74. The number of carbonyl (C=O) groups excluding carboxylic acids is 1. The Bertz CT molecular complexity index is 431. The van der Waals surface area contributed by atoms with Crippen LogP contribution in [0.15, 0.2) is 0 Å². The van der Waals surface area contributed by atoms with Gasteiger partial charge in [-0.2, -0.15) is 0 Å². The summed E-state index contributed by atoms with van der Waals surface area (Å²) in [5, 5.41) is 3.20. The third-order valence-electron chi connectivity index (χ3n) is 1.58. The molecule has 0 saturated heterocycles. The van der Waals surface area contributed by atoms with Gasteiger partial charge in [-0.3, -0.25) is 0 Å². The van der Waals surface area contributed by atoms with Crippen molar-refractivity contribution in [3.05, 3.63) is 10.6 Å². The number of nitrogens with one attached hydrogen (secondary N) is 1. The van der Waals surface area contributed by atoms with Gasteiger partial charge in [-0.05, 0) is 14.0 Å². The van der Waals surface area contributed by atoms with Crippen molar-refractivity contribution >= 4 is 22.4 Å². The van der Waals surface area contributed by atoms with Crippen LogP contribution in [0.5, 0.6) is 0 Å². The number of hydrogen-bond acceptors (Lipinski definition) is 6. The van der Waals surface area contributed by atoms with E-state index in [2.05, 4.69) is 22.1 Å². The first-order valence-electron chi connectivity index (χ1n) is 4.76. The number of nitrogens with zero attached hydrogens (tertiary/aromatic N) is 1. The molecule has 0 bridgehead atoms. The fourth-order valence-electron chi connectivity index (χ4n) is 0.972. The van der Waals surface area contributed by atoms with Crippen molar-refractivity contribution in [1.29, 1.82) is 0 Å². The van der Waals surface area contributed by atoms with E-state index in [1.807, 2.05) is 0 Å². The molecule has 1 heterocycles. The van der Waals surface area contributed by atoms with Crippen molar-refractivity contribution < 1.29 is 9.53 Å². The topological polar surface area (TPSA) is 77.2 Å². The van der Waals surface area contributed by atoms with Crippen LogP contribution in [0.2, 0.25) is 0 Å². The van der Waals surface area contributed by atoms with Gasteiger partial charge in [0, 0.05) is 0 Å². The summed E-state index contributed by atoms with van der Waals surface area (Å²) in [6, 6.07) is 0. The second kappa shape index (κ2) is 6.10. The predicted molar refractivity (Wildman–Crippen MR) is 63.3 cm³/mol. The zero-order valence-electron chi connectivity index (χ0n) is 9.16. The minimum Gasteiger partial charge on any atom is -0.461 e. The molecule has 0 fully saturated rings. The second-order valence-corrected chi connectivity index (χ2v) is 3.81. The third kappa shape index (κ3) is 3.22.